The summed E-state index contributed by atoms with van der Waals surface area (Å²) in [5.41, 5.74) is 9.95. The first-order valence-electron chi connectivity index (χ1n) is 6.14. The van der Waals surface area contributed by atoms with Crippen molar-refractivity contribution in [1.82, 2.24) is 0 Å². The van der Waals surface area contributed by atoms with E-state index in [0.717, 1.165) is 16.9 Å². The fourth-order valence-corrected chi connectivity index (χ4v) is 2.08. The molecule has 2 aromatic carbocycles. The van der Waals surface area contributed by atoms with Gasteiger partial charge in [-0.15, -0.1) is 0 Å². The predicted octanol–water partition coefficient (Wildman–Crippen LogP) is 3.52. The van der Waals surface area contributed by atoms with Gasteiger partial charge in [0.15, 0.2) is 0 Å². The second-order valence-corrected chi connectivity index (χ2v) is 5.11. The van der Waals surface area contributed by atoms with Gasteiger partial charge in [0.05, 0.1) is 0 Å². The molecule has 0 amide bonds. The number of benzene rings is 2. The van der Waals surface area contributed by atoms with Crippen LogP contribution in [0.4, 0.5) is 0 Å². The van der Waals surface area contributed by atoms with Crippen LogP contribution in [0.2, 0.25) is 0 Å². The van der Waals surface area contributed by atoms with Crippen LogP contribution in [-0.4, -0.2) is 4.99 Å². The number of rotatable bonds is 4. The number of nitrogens with two attached hydrogens (primary N) is 1. The molecule has 0 aromatic heterocycles. The van der Waals surface area contributed by atoms with Crippen LogP contribution in [0.1, 0.15) is 22.3 Å². The smallest absolute Gasteiger partial charge is 0.120 e. The summed E-state index contributed by atoms with van der Waals surface area (Å²) in [5.74, 6) is 0.899. The molecule has 0 fully saturated rings. The molecule has 0 unspecified atom stereocenters. The number of hydrogen-bond donors (Lipinski definition) is 1. The summed E-state index contributed by atoms with van der Waals surface area (Å²) >= 11 is 4.92. The van der Waals surface area contributed by atoms with Crippen molar-refractivity contribution < 1.29 is 4.74 Å². The zero-order chi connectivity index (χ0) is 13.8. The van der Waals surface area contributed by atoms with Crippen molar-refractivity contribution in [2.24, 2.45) is 5.73 Å². The summed E-state index contributed by atoms with van der Waals surface area (Å²) in [5, 5.41) is 0. The largest absolute Gasteiger partial charge is 0.489 e. The van der Waals surface area contributed by atoms with Crippen molar-refractivity contribution in [3.63, 3.8) is 0 Å². The highest BCUT2D eigenvalue weighted by atomic mass is 32.1. The van der Waals surface area contributed by atoms with Crippen LogP contribution in [0.15, 0.2) is 42.5 Å². The third kappa shape index (κ3) is 3.80. The van der Waals surface area contributed by atoms with Gasteiger partial charge in [-0.05, 0) is 42.7 Å². The SMILES string of the molecule is Cc1cc(C)cc(OCc2ccc(C(N)=S)cc2)c1. The summed E-state index contributed by atoms with van der Waals surface area (Å²) in [6, 6.07) is 14.0. The Morgan fingerprint density at radius 3 is 2.16 bits per heavy atom. The number of ether oxygens (including phenoxy) is 1. The lowest BCUT2D eigenvalue weighted by molar-refractivity contribution is 0.306. The number of thiocarbonyl (C=S) groups is 1. The Balaban J connectivity index is 2.03. The lowest BCUT2D eigenvalue weighted by Gasteiger charge is -2.09. The fraction of sp³-hybridized carbons (Fsp3) is 0.188. The van der Waals surface area contributed by atoms with Gasteiger partial charge in [-0.1, -0.05) is 42.5 Å². The fourth-order valence-electron chi connectivity index (χ4n) is 1.95. The highest BCUT2D eigenvalue weighted by Gasteiger charge is 2.00. The standard InChI is InChI=1S/C16H17NOS/c1-11-7-12(2)9-15(8-11)18-10-13-3-5-14(6-4-13)16(17)19/h3-9H,10H2,1-2H3,(H2,17,19). The Morgan fingerprint density at radius 2 is 1.63 bits per heavy atom. The van der Waals surface area contributed by atoms with E-state index in [4.69, 9.17) is 22.7 Å². The highest BCUT2D eigenvalue weighted by molar-refractivity contribution is 7.80. The van der Waals surface area contributed by atoms with E-state index >= 15 is 0 Å². The van der Waals surface area contributed by atoms with Crippen molar-refractivity contribution in [1.29, 1.82) is 0 Å². The molecular weight excluding hydrogens is 254 g/mol. The molecule has 2 N–H and O–H groups in total. The van der Waals surface area contributed by atoms with E-state index in [1.165, 1.54) is 11.1 Å². The summed E-state index contributed by atoms with van der Waals surface area (Å²) in [6.45, 7) is 4.67. The summed E-state index contributed by atoms with van der Waals surface area (Å²) in [7, 11) is 0. The molecular formula is C16H17NOS. The van der Waals surface area contributed by atoms with Gasteiger partial charge in [0.25, 0.3) is 0 Å². The van der Waals surface area contributed by atoms with Gasteiger partial charge < -0.3 is 10.5 Å². The maximum atomic E-state index is 5.79. The van der Waals surface area contributed by atoms with E-state index in [0.29, 0.717) is 11.6 Å². The minimum atomic E-state index is 0.418. The van der Waals surface area contributed by atoms with Crippen LogP contribution in [0, 0.1) is 13.8 Å². The van der Waals surface area contributed by atoms with Crippen LogP contribution in [0.25, 0.3) is 0 Å². The third-order valence-corrected chi connectivity index (χ3v) is 3.07. The molecule has 0 radical (unpaired) electrons. The summed E-state index contributed by atoms with van der Waals surface area (Å²) in [6.07, 6.45) is 0. The van der Waals surface area contributed by atoms with E-state index in [-0.39, 0.29) is 0 Å². The second-order valence-electron chi connectivity index (χ2n) is 4.67. The Bertz CT molecular complexity index is 570. The normalized spacial score (nSPS) is 10.2. The summed E-state index contributed by atoms with van der Waals surface area (Å²) in [4.78, 5) is 0.418. The Hall–Kier alpha value is -1.87. The highest BCUT2D eigenvalue weighted by Crippen LogP contribution is 2.17. The number of aryl methyl sites for hydroxylation is 2. The Morgan fingerprint density at radius 1 is 1.05 bits per heavy atom. The van der Waals surface area contributed by atoms with Crippen LogP contribution >= 0.6 is 12.2 Å². The van der Waals surface area contributed by atoms with E-state index in [1.54, 1.807) is 0 Å². The Kier molecular flexibility index (Phi) is 4.17. The zero-order valence-electron chi connectivity index (χ0n) is 11.1. The average Bonchev–Trinajstić information content (AvgIpc) is 2.36. The lowest BCUT2D eigenvalue weighted by Crippen LogP contribution is -2.09. The van der Waals surface area contributed by atoms with Crippen molar-refractivity contribution in [3.05, 3.63) is 64.7 Å². The average molecular weight is 271 g/mol. The molecule has 0 bridgehead atoms. The van der Waals surface area contributed by atoms with Gasteiger partial charge in [-0.25, -0.2) is 0 Å². The van der Waals surface area contributed by atoms with E-state index < -0.39 is 0 Å². The monoisotopic (exact) mass is 271 g/mol. The molecule has 19 heavy (non-hydrogen) atoms. The van der Waals surface area contributed by atoms with Crippen molar-refractivity contribution in [3.8, 4) is 5.75 Å². The quantitative estimate of drug-likeness (QED) is 0.864. The van der Waals surface area contributed by atoms with Gasteiger partial charge in [0.1, 0.15) is 17.3 Å². The number of hydrogen-bond acceptors (Lipinski definition) is 2. The zero-order valence-corrected chi connectivity index (χ0v) is 12.0. The molecule has 0 atom stereocenters. The van der Waals surface area contributed by atoms with E-state index in [2.05, 4.69) is 19.9 Å². The molecule has 0 aliphatic carbocycles. The minimum Gasteiger partial charge on any atom is -0.489 e. The topological polar surface area (TPSA) is 35.2 Å². The first kappa shape index (κ1) is 13.6. The lowest BCUT2D eigenvalue weighted by atomic mass is 10.1. The van der Waals surface area contributed by atoms with Crippen LogP contribution in [0.3, 0.4) is 0 Å². The molecule has 3 heteroatoms. The van der Waals surface area contributed by atoms with Crippen molar-refractivity contribution >= 4 is 17.2 Å². The molecule has 2 nitrogen and oxygen atoms in total. The van der Waals surface area contributed by atoms with Crippen LogP contribution in [-0.2, 0) is 6.61 Å². The van der Waals surface area contributed by atoms with Gasteiger partial charge >= 0.3 is 0 Å². The van der Waals surface area contributed by atoms with Crippen LogP contribution < -0.4 is 10.5 Å². The van der Waals surface area contributed by atoms with E-state index in [1.807, 2.05) is 36.4 Å². The van der Waals surface area contributed by atoms with Gasteiger partial charge in [-0.2, -0.15) is 0 Å². The predicted molar refractivity (Wildman–Crippen MR) is 82.6 cm³/mol. The molecule has 0 aliphatic heterocycles. The molecule has 0 aliphatic rings. The molecule has 98 valence electrons. The first-order chi connectivity index (χ1) is 9.04. The molecule has 0 spiro atoms. The minimum absolute atomic E-state index is 0.418. The van der Waals surface area contributed by atoms with Gasteiger partial charge in [0.2, 0.25) is 0 Å². The molecule has 0 saturated heterocycles. The second kappa shape index (κ2) is 5.85. The van der Waals surface area contributed by atoms with Crippen molar-refractivity contribution in [2.75, 3.05) is 0 Å². The van der Waals surface area contributed by atoms with E-state index in [9.17, 15) is 0 Å². The van der Waals surface area contributed by atoms with Crippen molar-refractivity contribution in [2.45, 2.75) is 20.5 Å². The summed E-state index contributed by atoms with van der Waals surface area (Å²) < 4.78 is 5.79. The maximum absolute atomic E-state index is 5.79. The molecule has 0 heterocycles. The molecule has 2 aromatic rings. The third-order valence-electron chi connectivity index (χ3n) is 2.84. The Labute approximate surface area is 119 Å². The maximum Gasteiger partial charge on any atom is 0.120 e. The molecule has 0 saturated carbocycles. The first-order valence-corrected chi connectivity index (χ1v) is 6.55. The molecule has 2 rings (SSSR count). The van der Waals surface area contributed by atoms with Gasteiger partial charge in [0, 0.05) is 5.56 Å². The van der Waals surface area contributed by atoms with Gasteiger partial charge in [-0.3, -0.25) is 0 Å². The van der Waals surface area contributed by atoms with Crippen LogP contribution in [0.5, 0.6) is 5.75 Å².